The molecule has 0 bridgehead atoms. The number of aromatic hydroxyl groups is 2. The third-order valence-electron chi connectivity index (χ3n) is 4.49. The number of aromatic nitrogens is 1. The summed E-state index contributed by atoms with van der Waals surface area (Å²) in [6.07, 6.45) is 4.07. The van der Waals surface area contributed by atoms with Gasteiger partial charge in [-0.25, -0.2) is 8.42 Å². The Balaban J connectivity index is 1.94. The highest BCUT2D eigenvalue weighted by atomic mass is 32.2. The van der Waals surface area contributed by atoms with Gasteiger partial charge in [0.05, 0.1) is 11.8 Å². The summed E-state index contributed by atoms with van der Waals surface area (Å²) in [4.78, 5) is -0.155. The summed E-state index contributed by atoms with van der Waals surface area (Å²) >= 11 is 0. The number of rotatable bonds is 4. The van der Waals surface area contributed by atoms with E-state index in [9.17, 15) is 18.6 Å². The van der Waals surface area contributed by atoms with Gasteiger partial charge in [-0.3, -0.25) is 4.57 Å². The molecule has 1 aliphatic carbocycles. The Morgan fingerprint density at radius 1 is 1.04 bits per heavy atom. The molecule has 0 spiro atoms. The molecule has 1 aromatic heterocycles. The van der Waals surface area contributed by atoms with Gasteiger partial charge in [0.15, 0.2) is 15.7 Å². The van der Waals surface area contributed by atoms with Crippen LogP contribution in [0.4, 0.5) is 0 Å². The summed E-state index contributed by atoms with van der Waals surface area (Å²) in [5.41, 5.74) is 0.871. The van der Waals surface area contributed by atoms with E-state index < -0.39 is 15.1 Å². The van der Waals surface area contributed by atoms with E-state index in [0.717, 1.165) is 24.8 Å². The molecule has 0 radical (unpaired) electrons. The van der Waals surface area contributed by atoms with Gasteiger partial charge in [-0.1, -0.05) is 49.6 Å². The van der Waals surface area contributed by atoms with Crippen molar-refractivity contribution in [2.24, 2.45) is 0 Å². The first-order valence-corrected chi connectivity index (χ1v) is 9.44. The third kappa shape index (κ3) is 3.08. The second-order valence-electron chi connectivity index (χ2n) is 6.07. The van der Waals surface area contributed by atoms with E-state index >= 15 is 0 Å². The number of hydrogen-bond donors (Lipinski definition) is 2. The average Bonchev–Trinajstić information content (AvgIpc) is 2.85. The minimum atomic E-state index is -3.62. The first kappa shape index (κ1) is 15.9. The molecule has 0 saturated heterocycles. The van der Waals surface area contributed by atoms with Crippen LogP contribution in [0.3, 0.4) is 0 Å². The number of benzene rings is 1. The maximum absolute atomic E-state index is 12.7. The van der Waals surface area contributed by atoms with Gasteiger partial charge in [-0.05, 0) is 18.4 Å². The highest BCUT2D eigenvalue weighted by Gasteiger charge is 2.33. The molecule has 0 aliphatic heterocycles. The van der Waals surface area contributed by atoms with E-state index in [2.05, 4.69) is 0 Å². The fourth-order valence-electron chi connectivity index (χ4n) is 3.19. The van der Waals surface area contributed by atoms with Gasteiger partial charge in [0.2, 0.25) is 5.88 Å². The fourth-order valence-corrected chi connectivity index (χ4v) is 5.13. The molecular weight excluding hydrogens is 314 g/mol. The summed E-state index contributed by atoms with van der Waals surface area (Å²) in [5.74, 6) is -0.613. The molecule has 0 amide bonds. The summed E-state index contributed by atoms with van der Waals surface area (Å²) in [6, 6.07) is 10.5. The first-order chi connectivity index (χ1) is 11.0. The zero-order chi connectivity index (χ0) is 16.4. The molecule has 1 aliphatic rings. The summed E-state index contributed by atoms with van der Waals surface area (Å²) in [6.45, 7) is 0.221. The zero-order valence-corrected chi connectivity index (χ0v) is 13.7. The van der Waals surface area contributed by atoms with Crippen LogP contribution in [0.1, 0.15) is 37.7 Å². The lowest BCUT2D eigenvalue weighted by molar-refractivity contribution is 0.372. The smallest absolute Gasteiger partial charge is 0.213 e. The van der Waals surface area contributed by atoms with Crippen LogP contribution in [-0.2, 0) is 16.4 Å². The van der Waals surface area contributed by atoms with E-state index in [1.807, 2.05) is 30.3 Å². The normalized spacial score (nSPS) is 16.5. The molecule has 5 nitrogen and oxygen atoms in total. The van der Waals surface area contributed by atoms with E-state index in [-0.39, 0.29) is 23.2 Å². The Morgan fingerprint density at radius 3 is 2.35 bits per heavy atom. The zero-order valence-electron chi connectivity index (χ0n) is 12.9. The maximum Gasteiger partial charge on any atom is 0.213 e. The van der Waals surface area contributed by atoms with Gasteiger partial charge in [0, 0.05) is 6.07 Å². The minimum Gasteiger partial charge on any atom is -0.494 e. The minimum absolute atomic E-state index is 0.155. The van der Waals surface area contributed by atoms with Gasteiger partial charge in [-0.2, -0.15) is 0 Å². The summed E-state index contributed by atoms with van der Waals surface area (Å²) in [7, 11) is -3.62. The molecule has 0 unspecified atom stereocenters. The summed E-state index contributed by atoms with van der Waals surface area (Å²) < 4.78 is 26.7. The lowest BCUT2D eigenvalue weighted by Crippen LogP contribution is -2.23. The van der Waals surface area contributed by atoms with E-state index in [1.165, 1.54) is 10.6 Å². The van der Waals surface area contributed by atoms with Crippen molar-refractivity contribution in [2.75, 3.05) is 0 Å². The van der Waals surface area contributed by atoms with Crippen molar-refractivity contribution >= 4 is 9.84 Å². The largest absolute Gasteiger partial charge is 0.494 e. The van der Waals surface area contributed by atoms with Crippen LogP contribution in [-0.4, -0.2) is 28.4 Å². The van der Waals surface area contributed by atoms with Crippen molar-refractivity contribution in [2.45, 2.75) is 48.8 Å². The molecule has 6 heteroatoms. The monoisotopic (exact) mass is 335 g/mol. The Labute approximate surface area is 136 Å². The molecule has 1 heterocycles. The van der Waals surface area contributed by atoms with Gasteiger partial charge in [-0.15, -0.1) is 0 Å². The molecule has 3 rings (SSSR count). The highest BCUT2D eigenvalue weighted by molar-refractivity contribution is 7.92. The fraction of sp³-hybridized carbons (Fsp3) is 0.412. The Morgan fingerprint density at radius 2 is 1.70 bits per heavy atom. The molecule has 1 fully saturated rings. The number of nitrogens with zero attached hydrogens (tertiary/aromatic N) is 1. The predicted octanol–water partition coefficient (Wildman–Crippen LogP) is 3.05. The van der Waals surface area contributed by atoms with Crippen molar-refractivity contribution in [3.05, 3.63) is 42.0 Å². The van der Waals surface area contributed by atoms with Crippen LogP contribution in [0.5, 0.6) is 11.8 Å². The summed E-state index contributed by atoms with van der Waals surface area (Å²) in [5, 5.41) is 20.0. The highest BCUT2D eigenvalue weighted by Crippen LogP contribution is 2.37. The second-order valence-corrected chi connectivity index (χ2v) is 8.26. The van der Waals surface area contributed by atoms with Gasteiger partial charge in [0.1, 0.15) is 4.90 Å². The third-order valence-corrected chi connectivity index (χ3v) is 6.76. The molecule has 2 N–H and O–H groups in total. The second kappa shape index (κ2) is 6.28. The molecular formula is C17H21NO4S. The molecule has 1 aromatic carbocycles. The average molecular weight is 335 g/mol. The maximum atomic E-state index is 12.7. The first-order valence-electron chi connectivity index (χ1n) is 7.89. The molecule has 2 aromatic rings. The van der Waals surface area contributed by atoms with Crippen LogP contribution in [0.2, 0.25) is 0 Å². The molecule has 1 saturated carbocycles. The van der Waals surface area contributed by atoms with Crippen LogP contribution in [0, 0.1) is 0 Å². The van der Waals surface area contributed by atoms with Crippen LogP contribution >= 0.6 is 0 Å². The van der Waals surface area contributed by atoms with Crippen LogP contribution in [0.25, 0.3) is 0 Å². The van der Waals surface area contributed by atoms with Gasteiger partial charge < -0.3 is 10.2 Å². The van der Waals surface area contributed by atoms with Crippen molar-refractivity contribution in [1.82, 2.24) is 4.57 Å². The molecule has 23 heavy (non-hydrogen) atoms. The standard InChI is InChI=1S/C17H21NO4S/c19-16-11-15(23(21,22)14-9-5-2-6-10-14)17(20)18(16)12-13-7-3-1-4-8-13/h1,3-4,7-8,11,14,19-20H,2,5-6,9-10,12H2. The van der Waals surface area contributed by atoms with E-state index in [4.69, 9.17) is 0 Å². The molecule has 124 valence electrons. The van der Waals surface area contributed by atoms with Gasteiger partial charge >= 0.3 is 0 Å². The lowest BCUT2D eigenvalue weighted by atomic mass is 10.0. The molecule has 0 atom stereocenters. The quantitative estimate of drug-likeness (QED) is 0.900. The van der Waals surface area contributed by atoms with Crippen molar-refractivity contribution in [1.29, 1.82) is 0 Å². The lowest BCUT2D eigenvalue weighted by Gasteiger charge is -2.21. The van der Waals surface area contributed by atoms with E-state index in [0.29, 0.717) is 12.8 Å². The van der Waals surface area contributed by atoms with E-state index in [1.54, 1.807) is 0 Å². The predicted molar refractivity (Wildman–Crippen MR) is 87.4 cm³/mol. The van der Waals surface area contributed by atoms with Crippen LogP contribution < -0.4 is 0 Å². The van der Waals surface area contributed by atoms with Crippen molar-refractivity contribution < 1.29 is 18.6 Å². The Kier molecular flexibility index (Phi) is 4.35. The van der Waals surface area contributed by atoms with Crippen molar-refractivity contribution in [3.63, 3.8) is 0 Å². The van der Waals surface area contributed by atoms with Gasteiger partial charge in [0.25, 0.3) is 0 Å². The Hall–Kier alpha value is -1.95. The number of hydrogen-bond acceptors (Lipinski definition) is 4. The Bertz CT molecular complexity index is 774. The number of sulfone groups is 1. The SMILES string of the molecule is O=S(=O)(c1cc(O)n(Cc2ccccc2)c1O)C1CCCCC1. The van der Waals surface area contributed by atoms with Crippen LogP contribution in [0.15, 0.2) is 41.3 Å². The topological polar surface area (TPSA) is 79.5 Å². The van der Waals surface area contributed by atoms with Crippen molar-refractivity contribution in [3.8, 4) is 11.8 Å².